The summed E-state index contributed by atoms with van der Waals surface area (Å²) in [5.41, 5.74) is 29.0. The molecule has 1 atom stereocenters. The van der Waals surface area contributed by atoms with Gasteiger partial charge in [-0.3, -0.25) is 0 Å². The van der Waals surface area contributed by atoms with Crippen LogP contribution >= 0.6 is 0 Å². The van der Waals surface area contributed by atoms with E-state index in [0.717, 1.165) is 17.1 Å². The fourth-order valence-electron chi connectivity index (χ4n) is 15.4. The maximum Gasteiger partial charge on any atom is 0.0754 e. The lowest BCUT2D eigenvalue weighted by Crippen LogP contribution is -2.33. The molecule has 0 saturated carbocycles. The number of hydrogen-bond donors (Lipinski definition) is 0. The van der Waals surface area contributed by atoms with Crippen LogP contribution < -0.4 is 4.90 Å². The van der Waals surface area contributed by atoms with Gasteiger partial charge >= 0.3 is 0 Å². The molecule has 3 aliphatic carbocycles. The van der Waals surface area contributed by atoms with Crippen molar-refractivity contribution in [3.05, 3.63) is 335 Å². The normalized spacial score (nSPS) is 16.0. The van der Waals surface area contributed by atoms with Gasteiger partial charge in [0, 0.05) is 33.2 Å². The van der Waals surface area contributed by atoms with Crippen molar-refractivity contribution in [3.63, 3.8) is 0 Å². The molecule has 2 heteroatoms. The molecule has 17 rings (SSSR count). The Morgan fingerprint density at radius 1 is 0.291 bits per heavy atom. The Bertz CT molecular complexity index is 4670. The van der Waals surface area contributed by atoms with Gasteiger partial charge in [0.15, 0.2) is 0 Å². The first kappa shape index (κ1) is 44.4. The van der Waals surface area contributed by atoms with Gasteiger partial charge in [-0.25, -0.2) is 0 Å². The summed E-state index contributed by atoms with van der Waals surface area (Å²) < 4.78 is 2.53. The predicted molar refractivity (Wildman–Crippen MR) is 327 cm³/mol. The van der Waals surface area contributed by atoms with Gasteiger partial charge in [0.25, 0.3) is 0 Å². The maximum atomic E-state index is 2.53. The Balaban J connectivity index is 0.891. The van der Waals surface area contributed by atoms with E-state index in [1.807, 2.05) is 0 Å². The quantitative estimate of drug-likeness (QED) is 0.161. The molecule has 370 valence electrons. The number of anilines is 3. The van der Waals surface area contributed by atoms with Crippen molar-refractivity contribution < 1.29 is 0 Å². The van der Waals surface area contributed by atoms with E-state index >= 15 is 0 Å². The first-order chi connectivity index (χ1) is 39.0. The average molecular weight is 1010 g/mol. The van der Waals surface area contributed by atoms with Crippen LogP contribution in [0.25, 0.3) is 72.0 Å². The zero-order valence-corrected chi connectivity index (χ0v) is 44.0. The van der Waals surface area contributed by atoms with E-state index in [1.165, 1.54) is 128 Å². The lowest BCUT2D eigenvalue weighted by molar-refractivity contribution is 0.660. The summed E-state index contributed by atoms with van der Waals surface area (Å²) >= 11 is 0. The van der Waals surface area contributed by atoms with E-state index < -0.39 is 10.8 Å². The zero-order chi connectivity index (χ0) is 52.2. The minimum atomic E-state index is -0.549. The molecule has 0 N–H and O–H groups in total. The van der Waals surface area contributed by atoms with Crippen molar-refractivity contribution in [2.24, 2.45) is 0 Å². The molecule has 1 unspecified atom stereocenters. The van der Waals surface area contributed by atoms with E-state index in [4.69, 9.17) is 0 Å². The summed E-state index contributed by atoms with van der Waals surface area (Å²) in [6, 6.07) is 106. The SMILES string of the molecule is CC1(C)c2ccccc2-c2ccc(N(c3cccc(-c4ccc5c(c4)C4(c6ccccc6-5)c5ccccc5-n5c6ccccc6c6cccc4c65)c3)c3ccc4c(c3)C(c3ccccc3)(c3ccccc3)c3ccccc3-4)cc21. The highest BCUT2D eigenvalue weighted by molar-refractivity contribution is 6.13. The molecule has 1 aliphatic heterocycles. The Hall–Kier alpha value is -9.76. The third-order valence-electron chi connectivity index (χ3n) is 18.7. The van der Waals surface area contributed by atoms with Crippen LogP contribution in [-0.2, 0) is 16.2 Å². The second-order valence-corrected chi connectivity index (χ2v) is 22.7. The van der Waals surface area contributed by atoms with E-state index in [1.54, 1.807) is 0 Å². The van der Waals surface area contributed by atoms with E-state index in [-0.39, 0.29) is 5.41 Å². The predicted octanol–water partition coefficient (Wildman–Crippen LogP) is 19.3. The average Bonchev–Trinajstić information content (AvgIpc) is 4.33. The number of hydrogen-bond acceptors (Lipinski definition) is 1. The van der Waals surface area contributed by atoms with Crippen molar-refractivity contribution in [2.45, 2.75) is 30.1 Å². The molecule has 4 aliphatic rings. The molecule has 0 saturated heterocycles. The summed E-state index contributed by atoms with van der Waals surface area (Å²) in [7, 11) is 0. The van der Waals surface area contributed by atoms with Gasteiger partial charge in [-0.1, -0.05) is 238 Å². The Morgan fingerprint density at radius 3 is 1.47 bits per heavy atom. The number of benzene rings is 12. The summed E-state index contributed by atoms with van der Waals surface area (Å²) in [5.74, 6) is 0. The number of rotatable bonds is 6. The maximum absolute atomic E-state index is 2.53. The molecule has 0 fully saturated rings. The zero-order valence-electron chi connectivity index (χ0n) is 44.0. The first-order valence-electron chi connectivity index (χ1n) is 27.8. The monoisotopic (exact) mass is 1000 g/mol. The minimum absolute atomic E-state index is 0.181. The summed E-state index contributed by atoms with van der Waals surface area (Å²) in [4.78, 5) is 2.52. The molecule has 79 heavy (non-hydrogen) atoms. The fourth-order valence-corrected chi connectivity index (χ4v) is 15.4. The molecule has 0 amide bonds. The lowest BCUT2D eigenvalue weighted by Gasteiger charge is -2.39. The fraction of sp³-hybridized carbons (Fsp3) is 0.0649. The van der Waals surface area contributed by atoms with E-state index in [9.17, 15) is 0 Å². The Labute approximate surface area is 460 Å². The van der Waals surface area contributed by atoms with Crippen LogP contribution in [0.5, 0.6) is 0 Å². The third kappa shape index (κ3) is 5.75. The van der Waals surface area contributed by atoms with Crippen LogP contribution in [0.15, 0.2) is 279 Å². The summed E-state index contributed by atoms with van der Waals surface area (Å²) in [6.07, 6.45) is 0. The molecule has 1 aromatic heterocycles. The van der Waals surface area contributed by atoms with Crippen LogP contribution in [0, 0.1) is 0 Å². The van der Waals surface area contributed by atoms with Crippen LogP contribution in [-0.4, -0.2) is 4.57 Å². The third-order valence-corrected chi connectivity index (χ3v) is 18.7. The number of para-hydroxylation sites is 3. The van der Waals surface area contributed by atoms with Gasteiger partial charge in [-0.2, -0.15) is 0 Å². The largest absolute Gasteiger partial charge is 0.310 e. The van der Waals surface area contributed by atoms with Gasteiger partial charge in [0.2, 0.25) is 0 Å². The van der Waals surface area contributed by atoms with E-state index in [0.29, 0.717) is 0 Å². The molecule has 0 radical (unpaired) electrons. The van der Waals surface area contributed by atoms with Crippen LogP contribution in [0.4, 0.5) is 17.1 Å². The standard InChI is InChI=1S/C77H52N2/c1-75(2)64-32-13-9-27-56(64)59-43-40-54(47-69(59)75)78(55-41-44-61-57-28-10-14-33-65(57)76(71(61)48-55,51-22-5-3-6-23-51)52-24-7-4-8-25-52)53-26-19-21-49(45-53)50-39-42-60-58-29-11-15-34-66(58)77(70(60)46-50)67-35-16-18-38-73(67)79-72-37-17-12-30-62(72)63-31-20-36-68(77)74(63)79/h3-48H,1-2H3. The number of aromatic nitrogens is 1. The highest BCUT2D eigenvalue weighted by Gasteiger charge is 2.51. The molecule has 2 nitrogen and oxygen atoms in total. The van der Waals surface area contributed by atoms with Gasteiger partial charge in [0.05, 0.1) is 27.6 Å². The van der Waals surface area contributed by atoms with Crippen LogP contribution in [0.3, 0.4) is 0 Å². The summed E-state index contributed by atoms with van der Waals surface area (Å²) in [5, 5.41) is 2.57. The topological polar surface area (TPSA) is 8.17 Å². The van der Waals surface area contributed by atoms with Crippen molar-refractivity contribution in [2.75, 3.05) is 4.90 Å². The van der Waals surface area contributed by atoms with Crippen molar-refractivity contribution in [1.82, 2.24) is 4.57 Å². The minimum Gasteiger partial charge on any atom is -0.310 e. The number of nitrogens with zero attached hydrogens (tertiary/aromatic N) is 2. The highest BCUT2D eigenvalue weighted by Crippen LogP contribution is 2.62. The molecular formula is C77H52N2. The van der Waals surface area contributed by atoms with E-state index in [2.05, 4.69) is 302 Å². The molecular weight excluding hydrogens is 953 g/mol. The second-order valence-electron chi connectivity index (χ2n) is 22.7. The molecule has 2 heterocycles. The van der Waals surface area contributed by atoms with Crippen molar-refractivity contribution in [3.8, 4) is 50.2 Å². The Kier molecular flexibility index (Phi) is 9.07. The molecule has 13 aromatic rings. The highest BCUT2D eigenvalue weighted by atomic mass is 15.1. The Morgan fingerprint density at radius 2 is 0.759 bits per heavy atom. The van der Waals surface area contributed by atoms with Crippen LogP contribution in [0.1, 0.15) is 69.5 Å². The number of fused-ring (bicyclic) bond motifs is 18. The first-order valence-corrected chi connectivity index (χ1v) is 27.8. The molecule has 1 spiro atoms. The second kappa shape index (κ2) is 16.1. The lowest BCUT2D eigenvalue weighted by atomic mass is 9.65. The van der Waals surface area contributed by atoms with Crippen LogP contribution in [0.2, 0.25) is 0 Å². The van der Waals surface area contributed by atoms with Crippen molar-refractivity contribution in [1.29, 1.82) is 0 Å². The van der Waals surface area contributed by atoms with Crippen molar-refractivity contribution >= 4 is 38.9 Å². The van der Waals surface area contributed by atoms with Gasteiger partial charge in [0.1, 0.15) is 0 Å². The smallest absolute Gasteiger partial charge is 0.0754 e. The summed E-state index contributed by atoms with van der Waals surface area (Å²) in [6.45, 7) is 4.77. The van der Waals surface area contributed by atoms with Gasteiger partial charge in [-0.15, -0.1) is 0 Å². The molecule has 12 aromatic carbocycles. The van der Waals surface area contributed by atoms with Gasteiger partial charge in [-0.05, 0) is 155 Å². The molecule has 0 bridgehead atoms. The van der Waals surface area contributed by atoms with Gasteiger partial charge < -0.3 is 9.47 Å².